The van der Waals surface area contributed by atoms with E-state index in [2.05, 4.69) is 14.9 Å². The van der Waals surface area contributed by atoms with Gasteiger partial charge in [0.05, 0.1) is 48.3 Å². The van der Waals surface area contributed by atoms with Crippen LogP contribution >= 0.6 is 23.8 Å². The van der Waals surface area contributed by atoms with Gasteiger partial charge in [0.15, 0.2) is 5.11 Å². The second-order valence-electron chi connectivity index (χ2n) is 7.09. The van der Waals surface area contributed by atoms with Crippen LogP contribution in [0.2, 0.25) is 5.02 Å². The molecule has 0 aliphatic heterocycles. The van der Waals surface area contributed by atoms with Crippen LogP contribution < -0.4 is 5.73 Å². The van der Waals surface area contributed by atoms with Gasteiger partial charge in [-0.1, -0.05) is 11.6 Å². The molecule has 0 spiro atoms. The molecule has 1 atom stereocenters. The average molecular weight is 456 g/mol. The van der Waals surface area contributed by atoms with E-state index >= 15 is 0 Å². The van der Waals surface area contributed by atoms with Crippen LogP contribution in [0, 0.1) is 6.57 Å². The number of halogens is 1. The van der Waals surface area contributed by atoms with Crippen molar-refractivity contribution >= 4 is 46.0 Å². The number of rotatable bonds is 7. The highest BCUT2D eigenvalue weighted by molar-refractivity contribution is 7.80. The summed E-state index contributed by atoms with van der Waals surface area (Å²) in [5.41, 5.74) is 9.62. The van der Waals surface area contributed by atoms with Gasteiger partial charge in [0, 0.05) is 29.4 Å². The van der Waals surface area contributed by atoms with Gasteiger partial charge >= 0.3 is 0 Å². The number of benzene rings is 1. The van der Waals surface area contributed by atoms with Crippen molar-refractivity contribution in [2.45, 2.75) is 19.4 Å². The predicted octanol–water partition coefficient (Wildman–Crippen LogP) is 3.01. The monoisotopic (exact) mass is 455 g/mol. The zero-order valence-corrected chi connectivity index (χ0v) is 18.7. The van der Waals surface area contributed by atoms with Crippen molar-refractivity contribution in [3.8, 4) is 11.4 Å². The molecular formula is C21H22ClN7OS. The van der Waals surface area contributed by atoms with Crippen molar-refractivity contribution < 1.29 is 5.11 Å². The van der Waals surface area contributed by atoms with Crippen LogP contribution in [0.3, 0.4) is 0 Å². The molecule has 3 N–H and O–H groups in total. The number of pyridine rings is 1. The molecule has 2 aromatic heterocycles. The van der Waals surface area contributed by atoms with E-state index in [9.17, 15) is 5.11 Å². The van der Waals surface area contributed by atoms with E-state index in [4.69, 9.17) is 41.1 Å². The van der Waals surface area contributed by atoms with Crippen LogP contribution in [0.15, 0.2) is 35.8 Å². The SMILES string of the molecule is [C-]#[N+]CCc1cc2c(/C=N/N(CC(C)O)C(N)=S)cc(-c3cncn3C)nc2cc1Cl. The molecule has 0 saturated carbocycles. The van der Waals surface area contributed by atoms with E-state index in [1.54, 1.807) is 31.7 Å². The maximum absolute atomic E-state index is 9.70. The Morgan fingerprint density at radius 2 is 2.26 bits per heavy atom. The minimum atomic E-state index is -0.656. The Hall–Kier alpha value is -3.06. The maximum atomic E-state index is 9.70. The van der Waals surface area contributed by atoms with Gasteiger partial charge < -0.3 is 20.3 Å². The lowest BCUT2D eigenvalue weighted by Crippen LogP contribution is -2.36. The Morgan fingerprint density at radius 1 is 1.48 bits per heavy atom. The molecule has 0 fully saturated rings. The fourth-order valence-corrected chi connectivity index (χ4v) is 3.48. The van der Waals surface area contributed by atoms with Gasteiger partial charge in [-0.2, -0.15) is 5.10 Å². The molecule has 160 valence electrons. The third-order valence-electron chi connectivity index (χ3n) is 4.61. The van der Waals surface area contributed by atoms with Crippen LogP contribution in [-0.2, 0) is 13.5 Å². The lowest BCUT2D eigenvalue weighted by Gasteiger charge is -2.18. The number of nitrogens with two attached hydrogens (primary N) is 1. The van der Waals surface area contributed by atoms with Gasteiger partial charge in [-0.3, -0.25) is 0 Å². The third kappa shape index (κ3) is 5.35. The van der Waals surface area contributed by atoms with Crippen molar-refractivity contribution in [2.24, 2.45) is 17.9 Å². The van der Waals surface area contributed by atoms with Crippen LogP contribution in [0.5, 0.6) is 0 Å². The quantitative estimate of drug-likeness (QED) is 0.246. The van der Waals surface area contributed by atoms with Crippen LogP contribution in [0.4, 0.5) is 0 Å². The lowest BCUT2D eigenvalue weighted by atomic mass is 10.0. The average Bonchev–Trinajstić information content (AvgIpc) is 3.14. The molecule has 8 nitrogen and oxygen atoms in total. The smallest absolute Gasteiger partial charge is 0.218 e. The number of thiocarbonyl (C=S) groups is 1. The van der Waals surface area contributed by atoms with E-state index in [0.29, 0.717) is 29.2 Å². The number of fused-ring (bicyclic) bond motifs is 1. The lowest BCUT2D eigenvalue weighted by molar-refractivity contribution is 0.162. The Labute approximate surface area is 190 Å². The summed E-state index contributed by atoms with van der Waals surface area (Å²) in [6, 6.07) is 5.63. The molecule has 31 heavy (non-hydrogen) atoms. The molecular weight excluding hydrogens is 434 g/mol. The summed E-state index contributed by atoms with van der Waals surface area (Å²) >= 11 is 11.5. The van der Waals surface area contributed by atoms with E-state index < -0.39 is 6.10 Å². The molecule has 3 aromatic rings. The fourth-order valence-electron chi connectivity index (χ4n) is 3.10. The largest absolute Gasteiger partial charge is 0.391 e. The normalized spacial score (nSPS) is 12.2. The number of aliphatic hydroxyl groups is 1. The van der Waals surface area contributed by atoms with Crippen LogP contribution in [0.1, 0.15) is 18.1 Å². The third-order valence-corrected chi connectivity index (χ3v) is 5.17. The van der Waals surface area contributed by atoms with Gasteiger partial charge in [0.25, 0.3) is 0 Å². The summed E-state index contributed by atoms with van der Waals surface area (Å²) in [4.78, 5) is 12.3. The molecule has 0 aliphatic carbocycles. The highest BCUT2D eigenvalue weighted by atomic mass is 35.5. The Balaban J connectivity index is 2.17. The second kappa shape index (κ2) is 9.83. The Morgan fingerprint density at radius 3 is 2.87 bits per heavy atom. The number of nitrogens with zero attached hydrogens (tertiary/aromatic N) is 6. The van der Waals surface area contributed by atoms with E-state index in [1.807, 2.05) is 23.7 Å². The first kappa shape index (κ1) is 22.6. The van der Waals surface area contributed by atoms with Crippen molar-refractivity contribution in [3.63, 3.8) is 0 Å². The first-order valence-electron chi connectivity index (χ1n) is 9.52. The van der Waals surface area contributed by atoms with E-state index in [-0.39, 0.29) is 11.7 Å². The summed E-state index contributed by atoms with van der Waals surface area (Å²) in [5, 5.41) is 16.9. The summed E-state index contributed by atoms with van der Waals surface area (Å²) in [6.45, 7) is 9.21. The standard InChI is InChI=1S/C21H22ClN7OS/c1-13(30)11-29(21(23)31)26-9-15-7-19(20-10-25-12-28(20)3)27-18-8-17(22)14(4-5-24-2)6-16(15)18/h6-10,12-13,30H,4-5,11H2,1,3H3,(H2,23,31)/b26-9+. The van der Waals surface area contributed by atoms with Crippen LogP contribution in [-0.4, -0.2) is 55.2 Å². The number of aliphatic hydroxyl groups excluding tert-OH is 1. The predicted molar refractivity (Wildman–Crippen MR) is 127 cm³/mol. The van der Waals surface area contributed by atoms with Gasteiger partial charge in [-0.05, 0) is 42.9 Å². The highest BCUT2D eigenvalue weighted by Crippen LogP contribution is 2.29. The highest BCUT2D eigenvalue weighted by Gasteiger charge is 2.14. The van der Waals surface area contributed by atoms with Gasteiger partial charge in [-0.25, -0.2) is 21.5 Å². The fraction of sp³-hybridized carbons (Fsp3) is 0.286. The zero-order valence-electron chi connectivity index (χ0n) is 17.2. The van der Waals surface area contributed by atoms with Crippen molar-refractivity contribution in [3.05, 3.63) is 58.3 Å². The van der Waals surface area contributed by atoms with Crippen molar-refractivity contribution in [1.29, 1.82) is 0 Å². The summed E-state index contributed by atoms with van der Waals surface area (Å²) in [7, 11) is 1.89. The molecule has 1 unspecified atom stereocenters. The number of imidazole rings is 1. The van der Waals surface area contributed by atoms with E-state index in [0.717, 1.165) is 22.2 Å². The molecule has 10 heteroatoms. The van der Waals surface area contributed by atoms with Gasteiger partial charge in [0.1, 0.15) is 0 Å². The van der Waals surface area contributed by atoms with Crippen molar-refractivity contribution in [2.75, 3.05) is 13.1 Å². The minimum Gasteiger partial charge on any atom is -0.391 e. The molecule has 0 radical (unpaired) electrons. The molecule has 1 aromatic carbocycles. The first-order valence-corrected chi connectivity index (χ1v) is 10.3. The molecule has 0 aliphatic rings. The Kier molecular flexibility index (Phi) is 7.17. The molecule has 0 saturated heterocycles. The molecule has 2 heterocycles. The Bertz CT molecular complexity index is 1180. The maximum Gasteiger partial charge on any atom is 0.218 e. The number of aryl methyl sites for hydroxylation is 1. The number of hydrazone groups is 1. The van der Waals surface area contributed by atoms with E-state index in [1.165, 1.54) is 5.01 Å². The minimum absolute atomic E-state index is 0.0585. The number of aromatic nitrogens is 3. The molecule has 3 rings (SSSR count). The molecule has 0 amide bonds. The number of hydrogen-bond donors (Lipinski definition) is 2. The summed E-state index contributed by atoms with van der Waals surface area (Å²) < 4.78 is 1.87. The number of hydrogen-bond acceptors (Lipinski definition) is 5. The second-order valence-corrected chi connectivity index (χ2v) is 7.92. The van der Waals surface area contributed by atoms with Crippen LogP contribution in [0.25, 0.3) is 27.1 Å². The zero-order chi connectivity index (χ0) is 22.5. The van der Waals surface area contributed by atoms with Crippen molar-refractivity contribution in [1.82, 2.24) is 19.5 Å². The summed E-state index contributed by atoms with van der Waals surface area (Å²) in [5.74, 6) is 0. The topological polar surface area (TPSA) is 96.9 Å². The first-order chi connectivity index (χ1) is 14.8. The van der Waals surface area contributed by atoms with Gasteiger partial charge in [-0.15, -0.1) is 0 Å². The van der Waals surface area contributed by atoms with Gasteiger partial charge in [0.2, 0.25) is 6.54 Å². The molecule has 0 bridgehead atoms. The summed E-state index contributed by atoms with van der Waals surface area (Å²) in [6.07, 6.45) is 4.95.